The number of aromatic nitrogens is 2. The largest absolute Gasteiger partial charge is 0.380 e. The highest BCUT2D eigenvalue weighted by atomic mass is 16.2. The summed E-state index contributed by atoms with van der Waals surface area (Å²) in [6.45, 7) is 0. The van der Waals surface area contributed by atoms with Gasteiger partial charge in [0.2, 0.25) is 5.56 Å². The van der Waals surface area contributed by atoms with Crippen molar-refractivity contribution in [3.05, 3.63) is 64.3 Å². The van der Waals surface area contributed by atoms with Crippen molar-refractivity contribution < 1.29 is 4.79 Å². The molecule has 0 aliphatic carbocycles. The van der Waals surface area contributed by atoms with Gasteiger partial charge in [0.1, 0.15) is 11.4 Å². The zero-order chi connectivity index (χ0) is 13.7. The maximum atomic E-state index is 11.7. The zero-order valence-electron chi connectivity index (χ0n) is 9.83. The monoisotopic (exact) mass is 257 g/mol. The summed E-state index contributed by atoms with van der Waals surface area (Å²) in [5.41, 5.74) is 8.07. The van der Waals surface area contributed by atoms with E-state index >= 15 is 0 Å². The van der Waals surface area contributed by atoms with Crippen LogP contribution in [0, 0.1) is 0 Å². The minimum absolute atomic E-state index is 0.0761. The van der Waals surface area contributed by atoms with Gasteiger partial charge >= 0.3 is 0 Å². The van der Waals surface area contributed by atoms with Crippen LogP contribution in [0.4, 0.5) is 0 Å². The quantitative estimate of drug-likeness (QED) is 0.402. The summed E-state index contributed by atoms with van der Waals surface area (Å²) in [6.07, 6.45) is 1.56. The van der Waals surface area contributed by atoms with Gasteiger partial charge in [0.05, 0.1) is 0 Å². The first-order valence-electron chi connectivity index (χ1n) is 5.41. The molecule has 2 rings (SSSR count). The van der Waals surface area contributed by atoms with Crippen molar-refractivity contribution in [2.24, 2.45) is 10.8 Å². The fourth-order valence-electron chi connectivity index (χ4n) is 1.32. The summed E-state index contributed by atoms with van der Waals surface area (Å²) in [5.74, 6) is -0.483. The number of nitrogens with zero attached hydrogens (tertiary/aromatic N) is 2. The summed E-state index contributed by atoms with van der Waals surface area (Å²) >= 11 is 0. The van der Waals surface area contributed by atoms with Crippen molar-refractivity contribution in [1.29, 1.82) is 0 Å². The maximum Gasteiger partial charge on any atom is 0.287 e. The lowest BCUT2D eigenvalue weighted by atomic mass is 10.3. The highest BCUT2D eigenvalue weighted by Crippen LogP contribution is 1.93. The Morgan fingerprint density at radius 2 is 2.11 bits per heavy atom. The van der Waals surface area contributed by atoms with Crippen LogP contribution in [0.1, 0.15) is 16.2 Å². The molecule has 0 spiro atoms. The molecule has 0 aliphatic rings. The molecular formula is C12H11N5O2. The molecule has 2 heterocycles. The van der Waals surface area contributed by atoms with Crippen molar-refractivity contribution in [2.45, 2.75) is 0 Å². The second-order valence-electron chi connectivity index (χ2n) is 3.58. The summed E-state index contributed by atoms with van der Waals surface area (Å²) in [4.78, 5) is 29.1. The normalized spacial score (nSPS) is 11.1. The van der Waals surface area contributed by atoms with Crippen molar-refractivity contribution >= 4 is 11.7 Å². The Labute approximate surface area is 108 Å². The van der Waals surface area contributed by atoms with E-state index in [1.807, 2.05) is 0 Å². The van der Waals surface area contributed by atoms with Gasteiger partial charge in [-0.3, -0.25) is 14.6 Å². The first-order chi connectivity index (χ1) is 9.16. The number of hydrogen-bond acceptors (Lipinski definition) is 4. The fourth-order valence-corrected chi connectivity index (χ4v) is 1.32. The number of nitrogens with one attached hydrogen (secondary N) is 2. The second-order valence-corrected chi connectivity index (χ2v) is 3.58. The molecule has 0 saturated carbocycles. The second kappa shape index (κ2) is 5.58. The highest BCUT2D eigenvalue weighted by molar-refractivity contribution is 5.98. The first-order valence-corrected chi connectivity index (χ1v) is 5.41. The Bertz CT molecular complexity index is 663. The van der Waals surface area contributed by atoms with Crippen LogP contribution >= 0.6 is 0 Å². The molecule has 2 aromatic heterocycles. The van der Waals surface area contributed by atoms with Gasteiger partial charge in [-0.05, 0) is 18.2 Å². The van der Waals surface area contributed by atoms with Crippen LogP contribution in [0.5, 0.6) is 0 Å². The third-order valence-electron chi connectivity index (χ3n) is 2.22. The van der Waals surface area contributed by atoms with Crippen LogP contribution in [-0.4, -0.2) is 21.7 Å². The number of pyridine rings is 2. The van der Waals surface area contributed by atoms with Gasteiger partial charge in [0, 0.05) is 12.3 Å². The number of aromatic amines is 1. The SMILES string of the molecule is N/C(=N\NC(=O)c1cccc(=O)[nH]1)c1ccccn1. The molecule has 0 radical (unpaired) electrons. The Morgan fingerprint density at radius 3 is 2.79 bits per heavy atom. The Hall–Kier alpha value is -2.96. The average molecular weight is 257 g/mol. The van der Waals surface area contributed by atoms with E-state index in [2.05, 4.69) is 20.5 Å². The van der Waals surface area contributed by atoms with Gasteiger partial charge in [0.25, 0.3) is 5.91 Å². The lowest BCUT2D eigenvalue weighted by molar-refractivity contribution is 0.0949. The number of amidine groups is 1. The van der Waals surface area contributed by atoms with Gasteiger partial charge in [-0.2, -0.15) is 5.10 Å². The van der Waals surface area contributed by atoms with Crippen molar-refractivity contribution in [3.8, 4) is 0 Å². The van der Waals surface area contributed by atoms with Gasteiger partial charge in [-0.15, -0.1) is 0 Å². The predicted molar refractivity (Wildman–Crippen MR) is 69.5 cm³/mol. The third kappa shape index (κ3) is 3.25. The van der Waals surface area contributed by atoms with E-state index in [1.54, 1.807) is 24.4 Å². The molecule has 0 fully saturated rings. The van der Waals surface area contributed by atoms with Crippen LogP contribution in [0.15, 0.2) is 52.5 Å². The topological polar surface area (TPSA) is 113 Å². The maximum absolute atomic E-state index is 11.7. The summed E-state index contributed by atoms with van der Waals surface area (Å²) < 4.78 is 0. The van der Waals surface area contributed by atoms with Crippen molar-refractivity contribution in [3.63, 3.8) is 0 Å². The van der Waals surface area contributed by atoms with Crippen LogP contribution < -0.4 is 16.7 Å². The molecule has 2 aromatic rings. The van der Waals surface area contributed by atoms with E-state index < -0.39 is 5.91 Å². The average Bonchev–Trinajstić information content (AvgIpc) is 2.45. The number of carbonyl (C=O) groups excluding carboxylic acids is 1. The minimum atomic E-state index is -0.559. The first kappa shape index (κ1) is 12.5. The van der Waals surface area contributed by atoms with E-state index in [9.17, 15) is 9.59 Å². The van der Waals surface area contributed by atoms with Gasteiger partial charge in [-0.25, -0.2) is 5.43 Å². The van der Waals surface area contributed by atoms with Crippen molar-refractivity contribution in [1.82, 2.24) is 15.4 Å². The fraction of sp³-hybridized carbons (Fsp3) is 0. The molecule has 0 aliphatic heterocycles. The molecule has 0 aromatic carbocycles. The van der Waals surface area contributed by atoms with Crippen molar-refractivity contribution in [2.75, 3.05) is 0 Å². The molecule has 0 unspecified atom stereocenters. The lowest BCUT2D eigenvalue weighted by Gasteiger charge is -2.01. The number of rotatable bonds is 3. The summed E-state index contributed by atoms with van der Waals surface area (Å²) in [6, 6.07) is 9.39. The van der Waals surface area contributed by atoms with Crippen LogP contribution in [0.25, 0.3) is 0 Å². The minimum Gasteiger partial charge on any atom is -0.380 e. The van der Waals surface area contributed by atoms with Crippen LogP contribution in [0.2, 0.25) is 0 Å². The van der Waals surface area contributed by atoms with E-state index in [0.29, 0.717) is 5.69 Å². The molecule has 7 heteroatoms. The predicted octanol–water partition coefficient (Wildman–Crippen LogP) is -0.180. The third-order valence-corrected chi connectivity index (χ3v) is 2.22. The van der Waals surface area contributed by atoms with E-state index in [-0.39, 0.29) is 17.1 Å². The molecule has 1 amide bonds. The van der Waals surface area contributed by atoms with E-state index in [1.165, 1.54) is 18.2 Å². The van der Waals surface area contributed by atoms with E-state index in [0.717, 1.165) is 0 Å². The Morgan fingerprint density at radius 1 is 1.26 bits per heavy atom. The lowest BCUT2D eigenvalue weighted by Crippen LogP contribution is -2.26. The number of nitrogens with two attached hydrogens (primary N) is 1. The van der Waals surface area contributed by atoms with E-state index in [4.69, 9.17) is 5.73 Å². The molecule has 19 heavy (non-hydrogen) atoms. The standard InChI is InChI=1S/C12H11N5O2/c13-11(8-4-1-2-7-14-8)16-17-12(19)9-5-3-6-10(18)15-9/h1-7H,(H2,13,16)(H,15,18)(H,17,19). The molecular weight excluding hydrogens is 246 g/mol. The smallest absolute Gasteiger partial charge is 0.287 e. The number of hydrogen-bond donors (Lipinski definition) is 3. The number of amides is 1. The molecule has 0 saturated heterocycles. The number of hydrazone groups is 1. The summed E-state index contributed by atoms with van der Waals surface area (Å²) in [5, 5.41) is 3.71. The molecule has 96 valence electrons. The molecule has 0 bridgehead atoms. The summed E-state index contributed by atoms with van der Waals surface area (Å²) in [7, 11) is 0. The molecule has 7 nitrogen and oxygen atoms in total. The molecule has 0 atom stereocenters. The zero-order valence-corrected chi connectivity index (χ0v) is 9.83. The van der Waals surface area contributed by atoms with Crippen LogP contribution in [-0.2, 0) is 0 Å². The molecule has 4 N–H and O–H groups in total. The van der Waals surface area contributed by atoms with Gasteiger partial charge in [-0.1, -0.05) is 12.1 Å². The Balaban J connectivity index is 2.10. The number of H-pyrrole nitrogens is 1. The van der Waals surface area contributed by atoms with Gasteiger partial charge in [0.15, 0.2) is 5.84 Å². The van der Waals surface area contributed by atoms with Gasteiger partial charge < -0.3 is 10.7 Å². The number of carbonyl (C=O) groups is 1. The van der Waals surface area contributed by atoms with Crippen LogP contribution in [0.3, 0.4) is 0 Å². The Kier molecular flexibility index (Phi) is 3.67. The highest BCUT2D eigenvalue weighted by Gasteiger charge is 2.05.